The summed E-state index contributed by atoms with van der Waals surface area (Å²) >= 11 is 0. The lowest BCUT2D eigenvalue weighted by atomic mass is 9.97. The number of carboxylic acids is 1. The van der Waals surface area contributed by atoms with Crippen LogP contribution in [0.1, 0.15) is 74.0 Å². The van der Waals surface area contributed by atoms with Crippen molar-refractivity contribution in [2.75, 3.05) is 26.7 Å². The van der Waals surface area contributed by atoms with Crippen molar-refractivity contribution >= 4 is 17.8 Å². The predicted octanol–water partition coefficient (Wildman–Crippen LogP) is 2.13. The van der Waals surface area contributed by atoms with Crippen LogP contribution >= 0.6 is 0 Å². The standard InChI is InChI=1S/C20H30N4O4/c1-4-13(2)24-18(14-5-6-14)16(11-21-24)19(26)22(3)12-17(25)23-9-7-15(8-10-23)20(27)28/h11,13-15H,4-10,12H2,1-3H3,(H,27,28). The van der Waals surface area contributed by atoms with Crippen LogP contribution in [0.25, 0.3) is 0 Å². The van der Waals surface area contributed by atoms with Crippen LogP contribution in [0.5, 0.6) is 0 Å². The highest BCUT2D eigenvalue weighted by Crippen LogP contribution is 2.43. The van der Waals surface area contributed by atoms with Crippen LogP contribution in [-0.4, -0.2) is 69.2 Å². The Morgan fingerprint density at radius 1 is 1.25 bits per heavy atom. The summed E-state index contributed by atoms with van der Waals surface area (Å²) in [5, 5.41) is 13.5. The molecule has 1 saturated heterocycles. The molecule has 1 aliphatic heterocycles. The monoisotopic (exact) mass is 390 g/mol. The van der Waals surface area contributed by atoms with Crippen molar-refractivity contribution in [3.8, 4) is 0 Å². The molecule has 0 radical (unpaired) electrons. The first kappa shape index (κ1) is 20.4. The van der Waals surface area contributed by atoms with Gasteiger partial charge < -0.3 is 14.9 Å². The van der Waals surface area contributed by atoms with E-state index in [1.165, 1.54) is 4.90 Å². The number of rotatable bonds is 7. The molecule has 1 aromatic heterocycles. The Hall–Kier alpha value is -2.38. The Labute approximate surface area is 165 Å². The molecule has 2 fully saturated rings. The van der Waals surface area contributed by atoms with Crippen LogP contribution in [0.2, 0.25) is 0 Å². The van der Waals surface area contributed by atoms with E-state index in [9.17, 15) is 14.4 Å². The summed E-state index contributed by atoms with van der Waals surface area (Å²) < 4.78 is 1.97. The van der Waals surface area contributed by atoms with Gasteiger partial charge >= 0.3 is 5.97 Å². The van der Waals surface area contributed by atoms with E-state index in [0.717, 1.165) is 25.0 Å². The lowest BCUT2D eigenvalue weighted by molar-refractivity contribution is -0.145. The molecule has 2 amide bonds. The summed E-state index contributed by atoms with van der Waals surface area (Å²) in [6.45, 7) is 5.05. The van der Waals surface area contributed by atoms with Gasteiger partial charge in [-0.3, -0.25) is 19.1 Å². The van der Waals surface area contributed by atoms with E-state index >= 15 is 0 Å². The first-order chi connectivity index (χ1) is 13.3. The third kappa shape index (κ3) is 4.20. The van der Waals surface area contributed by atoms with E-state index in [1.807, 2.05) is 4.68 Å². The summed E-state index contributed by atoms with van der Waals surface area (Å²) in [5.74, 6) is -1.11. The molecule has 0 spiro atoms. The second kappa shape index (κ2) is 8.32. The van der Waals surface area contributed by atoms with Crippen LogP contribution in [0.4, 0.5) is 0 Å². The van der Waals surface area contributed by atoms with Crippen LogP contribution in [0, 0.1) is 5.92 Å². The lowest BCUT2D eigenvalue weighted by Crippen LogP contribution is -2.45. The Kier molecular flexibility index (Phi) is 6.05. The van der Waals surface area contributed by atoms with E-state index in [4.69, 9.17) is 5.11 Å². The summed E-state index contributed by atoms with van der Waals surface area (Å²) in [5.41, 5.74) is 1.60. The molecule has 8 nitrogen and oxygen atoms in total. The molecule has 8 heteroatoms. The Balaban J connectivity index is 1.64. The number of aliphatic carboxylic acids is 1. The molecule has 154 valence electrons. The molecule has 3 rings (SSSR count). The molecule has 2 heterocycles. The number of hydrogen-bond donors (Lipinski definition) is 1. The number of nitrogens with zero attached hydrogens (tertiary/aromatic N) is 4. The first-order valence-corrected chi connectivity index (χ1v) is 10.2. The third-order valence-electron chi connectivity index (χ3n) is 5.95. The SMILES string of the molecule is CCC(C)n1ncc(C(=O)N(C)CC(=O)N2CCC(C(=O)O)CC2)c1C1CC1. The van der Waals surface area contributed by atoms with Gasteiger partial charge in [0.2, 0.25) is 5.91 Å². The van der Waals surface area contributed by atoms with Gasteiger partial charge in [-0.15, -0.1) is 0 Å². The maximum atomic E-state index is 13.0. The van der Waals surface area contributed by atoms with Gasteiger partial charge in [-0.1, -0.05) is 6.92 Å². The van der Waals surface area contributed by atoms with Crippen LogP contribution in [0.3, 0.4) is 0 Å². The highest BCUT2D eigenvalue weighted by molar-refractivity contribution is 5.97. The smallest absolute Gasteiger partial charge is 0.306 e. The molecule has 28 heavy (non-hydrogen) atoms. The number of carbonyl (C=O) groups is 3. The molecular weight excluding hydrogens is 360 g/mol. The minimum absolute atomic E-state index is 0.00477. The van der Waals surface area contributed by atoms with E-state index in [0.29, 0.717) is 37.4 Å². The fraction of sp³-hybridized carbons (Fsp3) is 0.700. The average Bonchev–Trinajstić information content (AvgIpc) is 3.44. The van der Waals surface area contributed by atoms with Crippen molar-refractivity contribution in [1.82, 2.24) is 19.6 Å². The Morgan fingerprint density at radius 2 is 1.89 bits per heavy atom. The highest BCUT2D eigenvalue weighted by Gasteiger charge is 2.35. The van der Waals surface area contributed by atoms with Crippen molar-refractivity contribution in [2.45, 2.75) is 57.9 Å². The second-order valence-electron chi connectivity index (χ2n) is 8.07. The molecule has 0 aromatic carbocycles. The van der Waals surface area contributed by atoms with Crippen LogP contribution in [0.15, 0.2) is 6.20 Å². The van der Waals surface area contributed by atoms with Crippen molar-refractivity contribution in [2.24, 2.45) is 5.92 Å². The number of hydrogen-bond acceptors (Lipinski definition) is 4. The topological polar surface area (TPSA) is 95.7 Å². The molecule has 1 saturated carbocycles. The molecule has 1 unspecified atom stereocenters. The van der Waals surface area contributed by atoms with E-state index in [2.05, 4.69) is 18.9 Å². The Morgan fingerprint density at radius 3 is 2.43 bits per heavy atom. The molecule has 1 N–H and O–H groups in total. The highest BCUT2D eigenvalue weighted by atomic mass is 16.4. The summed E-state index contributed by atoms with van der Waals surface area (Å²) in [6, 6.07) is 0.236. The Bertz CT molecular complexity index is 747. The number of carboxylic acid groups (broad SMARTS) is 1. The zero-order valence-corrected chi connectivity index (χ0v) is 16.9. The third-order valence-corrected chi connectivity index (χ3v) is 5.95. The van der Waals surface area contributed by atoms with Gasteiger partial charge in [0.15, 0.2) is 0 Å². The van der Waals surface area contributed by atoms with Crippen molar-refractivity contribution < 1.29 is 19.5 Å². The fourth-order valence-corrected chi connectivity index (χ4v) is 3.78. The average molecular weight is 390 g/mol. The quantitative estimate of drug-likeness (QED) is 0.769. The minimum Gasteiger partial charge on any atom is -0.481 e. The number of aromatic nitrogens is 2. The van der Waals surface area contributed by atoms with Crippen molar-refractivity contribution in [3.63, 3.8) is 0 Å². The van der Waals surface area contributed by atoms with Gasteiger partial charge in [-0.05, 0) is 39.0 Å². The molecule has 1 aromatic rings. The zero-order valence-electron chi connectivity index (χ0n) is 16.9. The molecule has 1 atom stereocenters. The first-order valence-electron chi connectivity index (χ1n) is 10.2. The van der Waals surface area contributed by atoms with E-state index < -0.39 is 5.97 Å². The number of amides is 2. The summed E-state index contributed by atoms with van der Waals surface area (Å²) in [4.78, 5) is 39.7. The van der Waals surface area contributed by atoms with Gasteiger partial charge in [0.05, 0.1) is 29.9 Å². The van der Waals surface area contributed by atoms with Gasteiger partial charge in [0.25, 0.3) is 5.91 Å². The van der Waals surface area contributed by atoms with E-state index in [-0.39, 0.29) is 30.3 Å². The minimum atomic E-state index is -0.801. The van der Waals surface area contributed by atoms with Crippen molar-refractivity contribution in [3.05, 3.63) is 17.5 Å². The van der Waals surface area contributed by atoms with Crippen LogP contribution < -0.4 is 0 Å². The molecule has 2 aliphatic rings. The predicted molar refractivity (Wildman–Crippen MR) is 103 cm³/mol. The summed E-state index contributed by atoms with van der Waals surface area (Å²) in [7, 11) is 1.64. The van der Waals surface area contributed by atoms with Gasteiger partial charge in [-0.2, -0.15) is 5.10 Å². The second-order valence-corrected chi connectivity index (χ2v) is 8.07. The maximum absolute atomic E-state index is 13.0. The van der Waals surface area contributed by atoms with E-state index in [1.54, 1.807) is 18.1 Å². The van der Waals surface area contributed by atoms with Gasteiger partial charge in [0.1, 0.15) is 0 Å². The number of piperidine rings is 1. The molecule has 1 aliphatic carbocycles. The number of carbonyl (C=O) groups excluding carboxylic acids is 2. The van der Waals surface area contributed by atoms with Gasteiger partial charge in [-0.25, -0.2) is 0 Å². The lowest BCUT2D eigenvalue weighted by Gasteiger charge is -2.31. The van der Waals surface area contributed by atoms with Crippen molar-refractivity contribution in [1.29, 1.82) is 0 Å². The molecule has 0 bridgehead atoms. The number of likely N-dealkylation sites (N-methyl/N-ethyl adjacent to an activating group) is 1. The number of likely N-dealkylation sites (tertiary alicyclic amines) is 1. The normalized spacial score (nSPS) is 18.8. The molecular formula is C20H30N4O4. The largest absolute Gasteiger partial charge is 0.481 e. The fourth-order valence-electron chi connectivity index (χ4n) is 3.78. The van der Waals surface area contributed by atoms with Crippen LogP contribution in [-0.2, 0) is 9.59 Å². The zero-order chi connectivity index (χ0) is 20.4. The maximum Gasteiger partial charge on any atom is 0.306 e. The van der Waals surface area contributed by atoms with Gasteiger partial charge in [0, 0.05) is 32.1 Å². The summed E-state index contributed by atoms with van der Waals surface area (Å²) in [6.07, 6.45) is 5.66.